The number of unbranched alkanes of at least 4 members (excludes halogenated alkanes) is 5. The van der Waals surface area contributed by atoms with Gasteiger partial charge in [0, 0.05) is 6.08 Å². The van der Waals surface area contributed by atoms with Gasteiger partial charge in [-0.1, -0.05) is 75.2 Å². The number of carbonyl (C=O) groups is 1. The maximum atomic E-state index is 11.0. The minimum atomic E-state index is -1.68. The molecule has 106 valence electrons. The minimum Gasteiger partial charge on any atom is -0.424 e. The van der Waals surface area contributed by atoms with Gasteiger partial charge in [-0.15, -0.1) is 11.6 Å². The van der Waals surface area contributed by atoms with E-state index in [1.54, 1.807) is 0 Å². The summed E-state index contributed by atoms with van der Waals surface area (Å²) in [5.41, 5.74) is 0. The number of rotatable bonds is 10. The van der Waals surface area contributed by atoms with Crippen LogP contribution in [0.5, 0.6) is 0 Å². The molecule has 5 heteroatoms. The highest BCUT2D eigenvalue weighted by atomic mass is 35.5. The van der Waals surface area contributed by atoms with Crippen molar-refractivity contribution < 1.29 is 9.53 Å². The fourth-order valence-corrected chi connectivity index (χ4v) is 2.08. The van der Waals surface area contributed by atoms with Crippen LogP contribution >= 0.6 is 34.8 Å². The number of halogens is 3. The Labute approximate surface area is 125 Å². The highest BCUT2D eigenvalue weighted by molar-refractivity contribution is 6.51. The fraction of sp³-hybridized carbons (Fsp3) is 0.769. The Bertz CT molecular complexity index is 255. The molecule has 0 aromatic heterocycles. The van der Waals surface area contributed by atoms with Gasteiger partial charge in [-0.05, 0) is 6.42 Å². The lowest BCUT2D eigenvalue weighted by Gasteiger charge is -2.24. The molecule has 0 spiro atoms. The molecule has 0 aliphatic rings. The van der Waals surface area contributed by atoms with Gasteiger partial charge < -0.3 is 4.74 Å². The van der Waals surface area contributed by atoms with Gasteiger partial charge >= 0.3 is 5.97 Å². The SMILES string of the molecule is C=CC(=O)OC(Cl)(Cl)C(Cl)CCCCCCCC. The molecular weight excluding hydrogens is 295 g/mol. The Hall–Kier alpha value is 0.0800. The van der Waals surface area contributed by atoms with Crippen LogP contribution in [-0.4, -0.2) is 15.9 Å². The van der Waals surface area contributed by atoms with E-state index in [-0.39, 0.29) is 0 Å². The lowest BCUT2D eigenvalue weighted by atomic mass is 10.1. The van der Waals surface area contributed by atoms with Crippen molar-refractivity contribution in [1.82, 2.24) is 0 Å². The average molecular weight is 316 g/mol. The van der Waals surface area contributed by atoms with Gasteiger partial charge in [0.25, 0.3) is 4.52 Å². The summed E-state index contributed by atoms with van der Waals surface area (Å²) in [4.78, 5) is 11.0. The van der Waals surface area contributed by atoms with Crippen LogP contribution in [0.1, 0.15) is 51.9 Å². The Kier molecular flexibility index (Phi) is 9.98. The third-order valence-corrected chi connectivity index (χ3v) is 4.01. The molecule has 1 unspecified atom stereocenters. The molecule has 0 fully saturated rings. The van der Waals surface area contributed by atoms with Crippen LogP contribution in [0.2, 0.25) is 0 Å². The Morgan fingerprint density at radius 2 is 1.83 bits per heavy atom. The molecule has 0 aliphatic heterocycles. The van der Waals surface area contributed by atoms with E-state index in [1.807, 2.05) is 0 Å². The fourth-order valence-electron chi connectivity index (χ4n) is 1.51. The highest BCUT2D eigenvalue weighted by Gasteiger charge is 2.36. The Morgan fingerprint density at radius 1 is 1.28 bits per heavy atom. The van der Waals surface area contributed by atoms with Crippen LogP contribution in [0.15, 0.2) is 12.7 Å². The standard InChI is InChI=1S/C13H21Cl3O2/c1-3-5-6-7-8-9-10-11(14)13(15,16)18-12(17)4-2/h4,11H,2-3,5-10H2,1H3. The van der Waals surface area contributed by atoms with E-state index >= 15 is 0 Å². The van der Waals surface area contributed by atoms with Gasteiger partial charge in [0.2, 0.25) is 0 Å². The summed E-state index contributed by atoms with van der Waals surface area (Å²) in [6.07, 6.45) is 8.54. The van der Waals surface area contributed by atoms with E-state index in [1.165, 1.54) is 25.7 Å². The smallest absolute Gasteiger partial charge is 0.332 e. The van der Waals surface area contributed by atoms with Gasteiger partial charge in [-0.25, -0.2) is 4.79 Å². The molecule has 0 rings (SSSR count). The van der Waals surface area contributed by atoms with Crippen molar-refractivity contribution in [3.05, 3.63) is 12.7 Å². The van der Waals surface area contributed by atoms with Crippen LogP contribution < -0.4 is 0 Å². The van der Waals surface area contributed by atoms with Crippen molar-refractivity contribution in [2.45, 2.75) is 61.8 Å². The predicted molar refractivity (Wildman–Crippen MR) is 78.4 cm³/mol. The molecule has 18 heavy (non-hydrogen) atoms. The van der Waals surface area contributed by atoms with Crippen LogP contribution in [0.25, 0.3) is 0 Å². The van der Waals surface area contributed by atoms with E-state index in [9.17, 15) is 4.79 Å². The van der Waals surface area contributed by atoms with E-state index in [0.29, 0.717) is 6.42 Å². The first kappa shape index (κ1) is 18.1. The summed E-state index contributed by atoms with van der Waals surface area (Å²) in [5, 5.41) is -0.615. The average Bonchev–Trinajstić information content (AvgIpc) is 2.32. The minimum absolute atomic E-state index is 0.615. The summed E-state index contributed by atoms with van der Waals surface area (Å²) >= 11 is 17.8. The van der Waals surface area contributed by atoms with Crippen molar-refractivity contribution in [3.8, 4) is 0 Å². The largest absolute Gasteiger partial charge is 0.424 e. The van der Waals surface area contributed by atoms with Crippen LogP contribution in [-0.2, 0) is 9.53 Å². The van der Waals surface area contributed by atoms with E-state index < -0.39 is 15.9 Å². The van der Waals surface area contributed by atoms with E-state index in [0.717, 1.165) is 18.9 Å². The third kappa shape index (κ3) is 8.23. The number of alkyl halides is 3. The first-order chi connectivity index (χ1) is 8.44. The second-order valence-corrected chi connectivity index (χ2v) is 6.05. The molecule has 0 radical (unpaired) electrons. The van der Waals surface area contributed by atoms with Gasteiger partial charge in [0.15, 0.2) is 0 Å². The molecule has 0 saturated carbocycles. The summed E-state index contributed by atoms with van der Waals surface area (Å²) in [5.74, 6) is -0.673. The lowest BCUT2D eigenvalue weighted by molar-refractivity contribution is -0.141. The molecule has 0 aromatic carbocycles. The van der Waals surface area contributed by atoms with Crippen molar-refractivity contribution in [2.24, 2.45) is 0 Å². The Morgan fingerprint density at radius 3 is 2.39 bits per heavy atom. The van der Waals surface area contributed by atoms with E-state index in [2.05, 4.69) is 13.5 Å². The highest BCUT2D eigenvalue weighted by Crippen LogP contribution is 2.34. The molecule has 0 amide bonds. The third-order valence-electron chi connectivity index (χ3n) is 2.58. The maximum absolute atomic E-state index is 11.0. The van der Waals surface area contributed by atoms with Crippen LogP contribution in [0, 0.1) is 0 Å². The molecule has 1 atom stereocenters. The van der Waals surface area contributed by atoms with Crippen molar-refractivity contribution in [2.75, 3.05) is 0 Å². The van der Waals surface area contributed by atoms with Gasteiger partial charge in [0.05, 0.1) is 0 Å². The predicted octanol–water partition coefficient (Wildman–Crippen LogP) is 5.21. The second kappa shape index (κ2) is 9.94. The first-order valence-electron chi connectivity index (χ1n) is 6.31. The second-order valence-electron chi connectivity index (χ2n) is 4.21. The van der Waals surface area contributed by atoms with Crippen molar-refractivity contribution >= 4 is 40.8 Å². The zero-order chi connectivity index (χ0) is 14.0. The summed E-state index contributed by atoms with van der Waals surface area (Å²) in [6, 6.07) is 0. The summed E-state index contributed by atoms with van der Waals surface area (Å²) < 4.78 is 3.10. The number of hydrogen-bond acceptors (Lipinski definition) is 2. The first-order valence-corrected chi connectivity index (χ1v) is 7.50. The maximum Gasteiger partial charge on any atom is 0.332 e. The number of esters is 1. The molecule has 0 saturated heterocycles. The molecule has 0 heterocycles. The molecule has 0 aliphatic carbocycles. The Balaban J connectivity index is 3.81. The normalized spacial score (nSPS) is 13.1. The topological polar surface area (TPSA) is 26.3 Å². The summed E-state index contributed by atoms with van der Waals surface area (Å²) in [7, 11) is 0. The lowest BCUT2D eigenvalue weighted by Crippen LogP contribution is -2.32. The number of ether oxygens (including phenoxy) is 1. The van der Waals surface area contributed by atoms with Gasteiger partial charge in [-0.2, -0.15) is 0 Å². The number of carbonyl (C=O) groups excluding carboxylic acids is 1. The molecule has 0 bridgehead atoms. The van der Waals surface area contributed by atoms with Crippen LogP contribution in [0.3, 0.4) is 0 Å². The van der Waals surface area contributed by atoms with Gasteiger partial charge in [0.1, 0.15) is 5.38 Å². The van der Waals surface area contributed by atoms with Crippen molar-refractivity contribution in [1.29, 1.82) is 0 Å². The van der Waals surface area contributed by atoms with E-state index in [4.69, 9.17) is 39.5 Å². The monoisotopic (exact) mass is 314 g/mol. The molecular formula is C13H21Cl3O2. The zero-order valence-corrected chi connectivity index (χ0v) is 13.0. The quantitative estimate of drug-likeness (QED) is 0.239. The van der Waals surface area contributed by atoms with Crippen molar-refractivity contribution in [3.63, 3.8) is 0 Å². The summed E-state index contributed by atoms with van der Waals surface area (Å²) in [6.45, 7) is 5.45. The molecule has 2 nitrogen and oxygen atoms in total. The molecule has 0 aromatic rings. The number of hydrogen-bond donors (Lipinski definition) is 0. The van der Waals surface area contributed by atoms with Gasteiger partial charge in [-0.3, -0.25) is 0 Å². The molecule has 0 N–H and O–H groups in total. The van der Waals surface area contributed by atoms with Crippen LogP contribution in [0.4, 0.5) is 0 Å². The zero-order valence-electron chi connectivity index (χ0n) is 10.8.